The molecule has 3 aliphatic heterocycles. The summed E-state index contributed by atoms with van der Waals surface area (Å²) >= 11 is 0. The maximum absolute atomic E-state index is 13.7. The van der Waals surface area contributed by atoms with Gasteiger partial charge in [-0.1, -0.05) is 6.07 Å². The van der Waals surface area contributed by atoms with E-state index in [0.717, 1.165) is 25.5 Å². The molecule has 1 aromatic rings. The number of aryl methyl sites for hydroxylation is 1. The topological polar surface area (TPSA) is 122 Å². The van der Waals surface area contributed by atoms with Crippen molar-refractivity contribution in [1.82, 2.24) is 10.2 Å². The SMILES string of the molecule is NC(=O)CN1C[C@@H]2[C@H](CNC(=O)CCc3ccc(F)cc3F)[C@H]3CC[C@]2(C1)O3.O=CO. The highest BCUT2D eigenvalue weighted by molar-refractivity contribution is 5.76. The van der Waals surface area contributed by atoms with E-state index in [-0.39, 0.29) is 61.2 Å². The molecule has 8 nitrogen and oxygen atoms in total. The van der Waals surface area contributed by atoms with Crippen LogP contribution in [0.25, 0.3) is 0 Å². The lowest BCUT2D eigenvalue weighted by molar-refractivity contribution is -0.123. The minimum absolute atomic E-state index is 0.135. The Morgan fingerprint density at radius 3 is 2.81 bits per heavy atom. The monoisotopic (exact) mass is 439 g/mol. The van der Waals surface area contributed by atoms with Gasteiger partial charge in [-0.25, -0.2) is 8.78 Å². The molecule has 4 rings (SSSR count). The van der Waals surface area contributed by atoms with E-state index in [0.29, 0.717) is 18.7 Å². The van der Waals surface area contributed by atoms with E-state index in [9.17, 15) is 18.4 Å². The Labute approximate surface area is 178 Å². The van der Waals surface area contributed by atoms with E-state index >= 15 is 0 Å². The van der Waals surface area contributed by atoms with E-state index in [2.05, 4.69) is 5.32 Å². The average Bonchev–Trinajstić information content (AvgIpc) is 3.33. The molecule has 2 amide bonds. The third kappa shape index (κ3) is 5.19. The fourth-order valence-corrected chi connectivity index (χ4v) is 5.19. The molecular formula is C21H27F2N3O5. The van der Waals surface area contributed by atoms with Gasteiger partial charge in [-0.3, -0.25) is 19.3 Å². The first-order valence-corrected chi connectivity index (χ1v) is 10.2. The van der Waals surface area contributed by atoms with Gasteiger partial charge in [-0.2, -0.15) is 0 Å². The molecule has 3 aliphatic rings. The van der Waals surface area contributed by atoms with Crippen molar-refractivity contribution in [3.05, 3.63) is 35.4 Å². The van der Waals surface area contributed by atoms with Crippen molar-refractivity contribution in [2.24, 2.45) is 17.6 Å². The summed E-state index contributed by atoms with van der Waals surface area (Å²) in [7, 11) is 0. The number of nitrogens with two attached hydrogens (primary N) is 1. The second kappa shape index (κ2) is 9.69. The standard InChI is InChI=1S/C20H25F2N3O3.CH2O2/c21-13-3-1-12(16(22)7-13)2-4-19(27)24-8-14-15-9-25(10-18(23)26)11-20(15)6-5-17(14)28-20;2-1-3/h1,3,7,14-15,17H,2,4-6,8-11H2,(H2,23,26)(H,24,27);1H,(H,2,3)/t14-,15+,17+,20+;/m0./s1. The average molecular weight is 439 g/mol. The summed E-state index contributed by atoms with van der Waals surface area (Å²) in [5.74, 6) is -1.27. The molecule has 0 unspecified atom stereocenters. The summed E-state index contributed by atoms with van der Waals surface area (Å²) < 4.78 is 32.9. The maximum Gasteiger partial charge on any atom is 0.290 e. The van der Waals surface area contributed by atoms with Crippen molar-refractivity contribution in [3.63, 3.8) is 0 Å². The molecule has 3 saturated heterocycles. The molecule has 10 heteroatoms. The molecule has 170 valence electrons. The highest BCUT2D eigenvalue weighted by Gasteiger charge is 2.62. The van der Waals surface area contributed by atoms with Gasteiger partial charge in [0.05, 0.1) is 18.2 Å². The van der Waals surface area contributed by atoms with Crippen LogP contribution in [0.4, 0.5) is 8.78 Å². The van der Waals surface area contributed by atoms with E-state index in [4.69, 9.17) is 20.4 Å². The molecule has 4 atom stereocenters. The molecule has 31 heavy (non-hydrogen) atoms. The number of halogens is 2. The fraction of sp³-hybridized carbons (Fsp3) is 0.571. The van der Waals surface area contributed by atoms with Crippen LogP contribution in [-0.4, -0.2) is 66.2 Å². The molecule has 3 heterocycles. The van der Waals surface area contributed by atoms with E-state index in [1.54, 1.807) is 0 Å². The quantitative estimate of drug-likeness (QED) is 0.537. The van der Waals surface area contributed by atoms with E-state index < -0.39 is 11.6 Å². The molecule has 0 aromatic heterocycles. The van der Waals surface area contributed by atoms with Gasteiger partial charge in [0.1, 0.15) is 11.6 Å². The summed E-state index contributed by atoms with van der Waals surface area (Å²) in [5.41, 5.74) is 5.44. The Bertz CT molecular complexity index is 839. The number of hydrogen-bond acceptors (Lipinski definition) is 5. The second-order valence-corrected chi connectivity index (χ2v) is 8.31. The minimum Gasteiger partial charge on any atom is -0.483 e. The van der Waals surface area contributed by atoms with Gasteiger partial charge in [-0.05, 0) is 30.9 Å². The van der Waals surface area contributed by atoms with Crippen molar-refractivity contribution < 1.29 is 33.0 Å². The largest absolute Gasteiger partial charge is 0.483 e. The number of amides is 2. The van der Waals surface area contributed by atoms with Gasteiger partial charge in [0, 0.05) is 44.0 Å². The van der Waals surface area contributed by atoms with Gasteiger partial charge in [0.2, 0.25) is 11.8 Å². The number of carbonyl (C=O) groups excluding carboxylic acids is 2. The van der Waals surface area contributed by atoms with Crippen molar-refractivity contribution in [1.29, 1.82) is 0 Å². The zero-order chi connectivity index (χ0) is 22.6. The number of rotatable bonds is 7. The van der Waals surface area contributed by atoms with Crippen LogP contribution >= 0.6 is 0 Å². The highest BCUT2D eigenvalue weighted by atomic mass is 19.1. The number of primary amides is 1. The number of carbonyl (C=O) groups is 3. The smallest absolute Gasteiger partial charge is 0.290 e. The van der Waals surface area contributed by atoms with Crippen LogP contribution in [0.5, 0.6) is 0 Å². The van der Waals surface area contributed by atoms with E-state index in [1.807, 2.05) is 4.90 Å². The lowest BCUT2D eigenvalue weighted by atomic mass is 9.73. The summed E-state index contributed by atoms with van der Waals surface area (Å²) in [4.78, 5) is 33.9. The van der Waals surface area contributed by atoms with Crippen LogP contribution < -0.4 is 11.1 Å². The fourth-order valence-electron chi connectivity index (χ4n) is 5.19. The maximum atomic E-state index is 13.7. The molecule has 0 aliphatic carbocycles. The molecule has 3 fully saturated rings. The zero-order valence-corrected chi connectivity index (χ0v) is 17.1. The number of nitrogens with one attached hydrogen (secondary N) is 1. The third-order valence-electron chi connectivity index (χ3n) is 6.41. The minimum atomic E-state index is -0.628. The lowest BCUT2D eigenvalue weighted by Gasteiger charge is -2.29. The first-order valence-electron chi connectivity index (χ1n) is 10.2. The van der Waals surface area contributed by atoms with Crippen molar-refractivity contribution >= 4 is 18.3 Å². The van der Waals surface area contributed by atoms with Crippen LogP contribution in [0.2, 0.25) is 0 Å². The number of carboxylic acid groups (broad SMARTS) is 1. The zero-order valence-electron chi connectivity index (χ0n) is 17.1. The highest BCUT2D eigenvalue weighted by Crippen LogP contribution is 2.54. The number of benzene rings is 1. The van der Waals surface area contributed by atoms with Gasteiger partial charge >= 0.3 is 0 Å². The lowest BCUT2D eigenvalue weighted by Crippen LogP contribution is -2.41. The Morgan fingerprint density at radius 1 is 1.39 bits per heavy atom. The first kappa shape index (κ1) is 23.1. The molecule has 1 aromatic carbocycles. The molecule has 0 radical (unpaired) electrons. The number of ether oxygens (including phenoxy) is 1. The number of likely N-dealkylation sites (tertiary alicyclic amines) is 1. The van der Waals surface area contributed by atoms with Gasteiger partial charge in [-0.15, -0.1) is 0 Å². The normalized spacial score (nSPS) is 28.5. The molecule has 1 spiro atoms. The second-order valence-electron chi connectivity index (χ2n) is 8.31. The van der Waals surface area contributed by atoms with Crippen molar-refractivity contribution in [3.8, 4) is 0 Å². The predicted molar refractivity (Wildman–Crippen MR) is 106 cm³/mol. The Morgan fingerprint density at radius 2 is 2.13 bits per heavy atom. The Kier molecular flexibility index (Phi) is 7.22. The van der Waals surface area contributed by atoms with Crippen LogP contribution in [0.1, 0.15) is 24.8 Å². The third-order valence-corrected chi connectivity index (χ3v) is 6.41. The molecule has 4 N–H and O–H groups in total. The molecule has 2 bridgehead atoms. The van der Waals surface area contributed by atoms with Gasteiger partial charge < -0.3 is 20.9 Å². The Hall–Kier alpha value is -2.59. The number of fused-ring (bicyclic) bond motifs is 1. The summed E-state index contributed by atoms with van der Waals surface area (Å²) in [5, 5.41) is 9.84. The van der Waals surface area contributed by atoms with Crippen LogP contribution in [-0.2, 0) is 25.5 Å². The molecule has 0 saturated carbocycles. The van der Waals surface area contributed by atoms with Crippen molar-refractivity contribution in [2.75, 3.05) is 26.2 Å². The van der Waals surface area contributed by atoms with Gasteiger partial charge in [0.25, 0.3) is 6.47 Å². The predicted octanol–water partition coefficient (Wildman–Crippen LogP) is 0.679. The number of hydrogen-bond donors (Lipinski definition) is 3. The Balaban J connectivity index is 0.000000858. The summed E-state index contributed by atoms with van der Waals surface area (Å²) in [6.45, 7) is 1.95. The number of nitrogens with zero attached hydrogens (tertiary/aromatic N) is 1. The van der Waals surface area contributed by atoms with Gasteiger partial charge in [0.15, 0.2) is 0 Å². The van der Waals surface area contributed by atoms with Crippen LogP contribution in [0.15, 0.2) is 18.2 Å². The first-order chi connectivity index (χ1) is 14.8. The van der Waals surface area contributed by atoms with Crippen molar-refractivity contribution in [2.45, 2.75) is 37.4 Å². The van der Waals surface area contributed by atoms with Crippen LogP contribution in [0.3, 0.4) is 0 Å². The van der Waals surface area contributed by atoms with E-state index in [1.165, 1.54) is 12.1 Å². The summed E-state index contributed by atoms with van der Waals surface area (Å²) in [6, 6.07) is 3.40. The summed E-state index contributed by atoms with van der Waals surface area (Å²) in [6.07, 6.45) is 2.44. The van der Waals surface area contributed by atoms with Crippen LogP contribution in [0, 0.1) is 23.5 Å². The molecular weight excluding hydrogens is 412 g/mol.